The average Bonchev–Trinajstić information content (AvgIpc) is 2.50. The molecule has 0 spiro atoms. The van der Waals surface area contributed by atoms with Gasteiger partial charge in [0.15, 0.2) is 0 Å². The number of nitrogens with one attached hydrogen (secondary N) is 1. The number of likely N-dealkylation sites (N-methyl/N-ethyl adjacent to an activating group) is 1. The minimum absolute atomic E-state index is 0.0347. The predicted octanol–water partition coefficient (Wildman–Crippen LogP) is 1.98. The Balaban J connectivity index is 2.00. The molecule has 0 aromatic carbocycles. The van der Waals surface area contributed by atoms with Crippen molar-refractivity contribution in [3.63, 3.8) is 0 Å². The molecule has 2 heterocycles. The highest BCUT2D eigenvalue weighted by Crippen LogP contribution is 2.19. The Morgan fingerprint density at radius 3 is 2.52 bits per heavy atom. The summed E-state index contributed by atoms with van der Waals surface area (Å²) in [6.07, 6.45) is 1.32. The Morgan fingerprint density at radius 2 is 2.00 bits per heavy atom. The second-order valence-corrected chi connectivity index (χ2v) is 6.65. The number of anilines is 1. The van der Waals surface area contributed by atoms with Gasteiger partial charge < -0.3 is 10.2 Å². The molecule has 1 saturated heterocycles. The van der Waals surface area contributed by atoms with Crippen molar-refractivity contribution >= 4 is 11.5 Å². The molecule has 1 aliphatic rings. The molecule has 7 heteroatoms. The maximum atomic E-state index is 10.8. The van der Waals surface area contributed by atoms with Crippen LogP contribution in [0, 0.1) is 23.0 Å². The van der Waals surface area contributed by atoms with Crippen molar-refractivity contribution in [3.8, 4) is 0 Å². The van der Waals surface area contributed by atoms with E-state index < -0.39 is 4.92 Å². The van der Waals surface area contributed by atoms with E-state index in [0.717, 1.165) is 44.1 Å². The van der Waals surface area contributed by atoms with Crippen LogP contribution < -0.4 is 5.32 Å². The van der Waals surface area contributed by atoms with Crippen LogP contribution in [0.15, 0.2) is 12.3 Å². The van der Waals surface area contributed by atoms with Crippen LogP contribution in [0.25, 0.3) is 0 Å². The largest absolute Gasteiger partial charge is 0.368 e. The first-order valence-electron chi connectivity index (χ1n) is 8.16. The smallest absolute Gasteiger partial charge is 0.287 e. The zero-order chi connectivity index (χ0) is 17.0. The molecule has 2 rings (SSSR count). The minimum Gasteiger partial charge on any atom is -0.368 e. The molecule has 1 fully saturated rings. The van der Waals surface area contributed by atoms with E-state index in [2.05, 4.69) is 41.0 Å². The number of aryl methyl sites for hydroxylation is 1. The van der Waals surface area contributed by atoms with E-state index in [1.807, 2.05) is 6.92 Å². The van der Waals surface area contributed by atoms with Crippen LogP contribution in [0.5, 0.6) is 0 Å². The molecule has 0 amide bonds. The maximum Gasteiger partial charge on any atom is 0.287 e. The first-order chi connectivity index (χ1) is 10.9. The topological polar surface area (TPSA) is 74.5 Å². The quantitative estimate of drug-likeness (QED) is 0.638. The Hall–Kier alpha value is -1.73. The van der Waals surface area contributed by atoms with Crippen molar-refractivity contribution in [3.05, 3.63) is 27.9 Å². The second kappa shape index (κ2) is 7.70. The molecule has 7 nitrogen and oxygen atoms in total. The number of nitrogens with zero attached hydrogens (tertiary/aromatic N) is 4. The van der Waals surface area contributed by atoms with Gasteiger partial charge in [-0.1, -0.05) is 13.8 Å². The van der Waals surface area contributed by atoms with Gasteiger partial charge in [-0.25, -0.2) is 4.98 Å². The highest BCUT2D eigenvalue weighted by molar-refractivity contribution is 5.48. The van der Waals surface area contributed by atoms with Gasteiger partial charge in [-0.15, -0.1) is 0 Å². The standard InChI is InChI=1S/C16H27N5O2/c1-12(2)15(20-7-5-19(4)6-8-20)11-18-16-13(3)9-14(10-17-16)21(22)23/h9-10,12,15H,5-8,11H2,1-4H3,(H,17,18). The molecule has 1 aromatic heterocycles. The summed E-state index contributed by atoms with van der Waals surface area (Å²) in [7, 11) is 2.16. The predicted molar refractivity (Wildman–Crippen MR) is 91.8 cm³/mol. The fourth-order valence-electron chi connectivity index (χ4n) is 2.99. The zero-order valence-electron chi connectivity index (χ0n) is 14.5. The van der Waals surface area contributed by atoms with Crippen LogP contribution in [-0.2, 0) is 0 Å². The number of pyridine rings is 1. The Kier molecular flexibility index (Phi) is 5.90. The third-order valence-corrected chi connectivity index (χ3v) is 4.53. The van der Waals surface area contributed by atoms with Crippen LogP contribution >= 0.6 is 0 Å². The molecule has 1 N–H and O–H groups in total. The summed E-state index contributed by atoms with van der Waals surface area (Å²) < 4.78 is 0. The van der Waals surface area contributed by atoms with Gasteiger partial charge in [-0.05, 0) is 25.5 Å². The normalized spacial score (nSPS) is 18.1. The van der Waals surface area contributed by atoms with Crippen molar-refractivity contribution in [2.45, 2.75) is 26.8 Å². The lowest BCUT2D eigenvalue weighted by Gasteiger charge is -2.40. The minimum atomic E-state index is -0.412. The molecule has 1 aliphatic heterocycles. The summed E-state index contributed by atoms with van der Waals surface area (Å²) in [4.78, 5) is 19.5. The van der Waals surface area contributed by atoms with Crippen LogP contribution in [0.1, 0.15) is 19.4 Å². The monoisotopic (exact) mass is 321 g/mol. The first-order valence-corrected chi connectivity index (χ1v) is 8.16. The number of nitro groups is 1. The molecule has 0 radical (unpaired) electrons. The lowest BCUT2D eigenvalue weighted by Crippen LogP contribution is -2.52. The van der Waals surface area contributed by atoms with Crippen LogP contribution in [0.4, 0.5) is 11.5 Å². The van der Waals surface area contributed by atoms with E-state index >= 15 is 0 Å². The van der Waals surface area contributed by atoms with Gasteiger partial charge in [-0.3, -0.25) is 15.0 Å². The summed E-state index contributed by atoms with van der Waals surface area (Å²) in [5.41, 5.74) is 0.840. The van der Waals surface area contributed by atoms with Gasteiger partial charge in [0, 0.05) is 44.8 Å². The van der Waals surface area contributed by atoms with Crippen molar-refractivity contribution < 1.29 is 4.92 Å². The molecule has 23 heavy (non-hydrogen) atoms. The van der Waals surface area contributed by atoms with Gasteiger partial charge >= 0.3 is 0 Å². The zero-order valence-corrected chi connectivity index (χ0v) is 14.5. The summed E-state index contributed by atoms with van der Waals surface area (Å²) >= 11 is 0. The van der Waals surface area contributed by atoms with Gasteiger partial charge in [0.2, 0.25) is 0 Å². The van der Waals surface area contributed by atoms with E-state index in [1.165, 1.54) is 6.20 Å². The van der Waals surface area contributed by atoms with Gasteiger partial charge in [0.25, 0.3) is 5.69 Å². The van der Waals surface area contributed by atoms with Gasteiger partial charge in [0.05, 0.1) is 4.92 Å². The first kappa shape index (κ1) is 17.6. The summed E-state index contributed by atoms with van der Waals surface area (Å²) in [5.74, 6) is 1.26. The van der Waals surface area contributed by atoms with Crippen LogP contribution in [0.3, 0.4) is 0 Å². The number of aromatic nitrogens is 1. The summed E-state index contributed by atoms with van der Waals surface area (Å²) in [5, 5.41) is 14.2. The molecule has 0 bridgehead atoms. The third kappa shape index (κ3) is 4.62. The fraction of sp³-hybridized carbons (Fsp3) is 0.688. The highest BCUT2D eigenvalue weighted by atomic mass is 16.6. The fourth-order valence-corrected chi connectivity index (χ4v) is 2.99. The number of rotatable bonds is 6. The molecule has 1 atom stereocenters. The third-order valence-electron chi connectivity index (χ3n) is 4.53. The number of piperazine rings is 1. The SMILES string of the molecule is Cc1cc([N+](=O)[O-])cnc1NCC(C(C)C)N1CCN(C)CC1. The highest BCUT2D eigenvalue weighted by Gasteiger charge is 2.25. The van der Waals surface area contributed by atoms with Crippen molar-refractivity contribution in [1.29, 1.82) is 0 Å². The summed E-state index contributed by atoms with van der Waals surface area (Å²) in [6, 6.07) is 2.00. The molecule has 0 saturated carbocycles. The number of hydrogen-bond donors (Lipinski definition) is 1. The summed E-state index contributed by atoms with van der Waals surface area (Å²) in [6.45, 7) is 11.5. The van der Waals surface area contributed by atoms with Crippen LogP contribution in [0.2, 0.25) is 0 Å². The van der Waals surface area contributed by atoms with Crippen molar-refractivity contribution in [2.24, 2.45) is 5.92 Å². The molecule has 1 unspecified atom stereocenters. The Morgan fingerprint density at radius 1 is 1.35 bits per heavy atom. The van der Waals surface area contributed by atoms with E-state index in [-0.39, 0.29) is 5.69 Å². The van der Waals surface area contributed by atoms with Gasteiger partial charge in [-0.2, -0.15) is 0 Å². The van der Waals surface area contributed by atoms with E-state index in [4.69, 9.17) is 0 Å². The number of hydrogen-bond acceptors (Lipinski definition) is 6. The molecule has 1 aromatic rings. The second-order valence-electron chi connectivity index (χ2n) is 6.65. The molecule has 128 valence electrons. The Bertz CT molecular complexity index is 541. The Labute approximate surface area is 137 Å². The van der Waals surface area contributed by atoms with Crippen molar-refractivity contribution in [2.75, 3.05) is 45.1 Å². The van der Waals surface area contributed by atoms with Crippen LogP contribution in [-0.4, -0.2) is 65.5 Å². The van der Waals surface area contributed by atoms with E-state index in [1.54, 1.807) is 6.07 Å². The molecular formula is C16H27N5O2. The maximum absolute atomic E-state index is 10.8. The van der Waals surface area contributed by atoms with E-state index in [9.17, 15) is 10.1 Å². The van der Waals surface area contributed by atoms with E-state index in [0.29, 0.717) is 12.0 Å². The lowest BCUT2D eigenvalue weighted by atomic mass is 10.0. The molecule has 0 aliphatic carbocycles. The average molecular weight is 321 g/mol. The molecular weight excluding hydrogens is 294 g/mol. The van der Waals surface area contributed by atoms with Crippen molar-refractivity contribution in [1.82, 2.24) is 14.8 Å². The van der Waals surface area contributed by atoms with Gasteiger partial charge in [0.1, 0.15) is 12.0 Å². The lowest BCUT2D eigenvalue weighted by molar-refractivity contribution is -0.385.